The topological polar surface area (TPSA) is 53.1 Å². The van der Waals surface area contributed by atoms with Gasteiger partial charge >= 0.3 is 0 Å². The van der Waals surface area contributed by atoms with Gasteiger partial charge in [0.05, 0.1) is 6.04 Å². The maximum absolute atomic E-state index is 13.1. The Labute approximate surface area is 149 Å². The van der Waals surface area contributed by atoms with E-state index in [9.17, 15) is 9.59 Å². The van der Waals surface area contributed by atoms with Gasteiger partial charge in [0.2, 0.25) is 5.91 Å². The van der Waals surface area contributed by atoms with Crippen LogP contribution < -0.4 is 0 Å². The fraction of sp³-hybridized carbons (Fsp3) is 0.579. The molecule has 2 heterocycles. The predicted molar refractivity (Wildman–Crippen MR) is 95.1 cm³/mol. The maximum atomic E-state index is 13.1. The van der Waals surface area contributed by atoms with Gasteiger partial charge in [0.1, 0.15) is 6.61 Å². The summed E-state index contributed by atoms with van der Waals surface area (Å²) in [6.07, 6.45) is -0.640. The van der Waals surface area contributed by atoms with E-state index in [1.807, 2.05) is 36.1 Å². The van der Waals surface area contributed by atoms with E-state index in [1.165, 1.54) is 0 Å². The lowest BCUT2D eigenvalue weighted by molar-refractivity contribution is -0.168. The van der Waals surface area contributed by atoms with E-state index in [0.717, 1.165) is 30.8 Å². The molecule has 0 bridgehead atoms. The summed E-state index contributed by atoms with van der Waals surface area (Å²) in [6, 6.07) is 7.59. The summed E-state index contributed by atoms with van der Waals surface area (Å²) in [7, 11) is 1.75. The summed E-state index contributed by atoms with van der Waals surface area (Å²) in [6.45, 7) is 8.32. The molecule has 2 aliphatic rings. The molecule has 0 saturated carbocycles. The first-order valence-electron chi connectivity index (χ1n) is 8.96. The molecule has 0 aliphatic carbocycles. The van der Waals surface area contributed by atoms with E-state index in [0.29, 0.717) is 13.1 Å². The highest BCUT2D eigenvalue weighted by Gasteiger charge is 2.42. The van der Waals surface area contributed by atoms with Gasteiger partial charge in [-0.15, -0.1) is 0 Å². The summed E-state index contributed by atoms with van der Waals surface area (Å²) >= 11 is 0. The van der Waals surface area contributed by atoms with Crippen LogP contribution in [0, 0.1) is 6.92 Å². The maximum Gasteiger partial charge on any atom is 0.254 e. The number of carbonyl (C=O) groups excluding carboxylic acids is 2. The second-order valence-electron chi connectivity index (χ2n) is 6.85. The number of likely N-dealkylation sites (N-methyl/N-ethyl adjacent to an activating group) is 2. The molecule has 136 valence electrons. The first-order valence-corrected chi connectivity index (χ1v) is 8.96. The summed E-state index contributed by atoms with van der Waals surface area (Å²) in [5, 5.41) is 0. The van der Waals surface area contributed by atoms with Crippen molar-refractivity contribution in [3.05, 3.63) is 35.4 Å². The van der Waals surface area contributed by atoms with Crippen molar-refractivity contribution in [2.75, 3.05) is 46.4 Å². The number of amides is 2. The van der Waals surface area contributed by atoms with Crippen molar-refractivity contribution in [1.29, 1.82) is 0 Å². The number of piperazine rings is 1. The summed E-state index contributed by atoms with van der Waals surface area (Å²) in [5.41, 5.74) is 2.08. The highest BCUT2D eigenvalue weighted by Crippen LogP contribution is 2.30. The van der Waals surface area contributed by atoms with Gasteiger partial charge in [0.25, 0.3) is 5.91 Å². The predicted octanol–water partition coefficient (Wildman–Crippen LogP) is 1.06. The normalized spacial score (nSPS) is 25.3. The Morgan fingerprint density at radius 3 is 2.40 bits per heavy atom. The Balaban J connectivity index is 1.81. The summed E-state index contributed by atoms with van der Waals surface area (Å²) < 4.78 is 5.73. The third-order valence-electron chi connectivity index (χ3n) is 5.28. The molecule has 0 unspecified atom stereocenters. The van der Waals surface area contributed by atoms with Crippen LogP contribution in [0.15, 0.2) is 24.3 Å². The van der Waals surface area contributed by atoms with E-state index in [-0.39, 0.29) is 24.5 Å². The van der Waals surface area contributed by atoms with Crippen LogP contribution in [-0.4, -0.2) is 79.0 Å². The lowest BCUT2D eigenvalue weighted by Crippen LogP contribution is -2.57. The van der Waals surface area contributed by atoms with Crippen LogP contribution in [0.4, 0.5) is 0 Å². The second kappa shape index (κ2) is 7.54. The average Bonchev–Trinajstić information content (AvgIpc) is 2.64. The van der Waals surface area contributed by atoms with Crippen LogP contribution in [0.2, 0.25) is 0 Å². The van der Waals surface area contributed by atoms with Gasteiger partial charge in [-0.2, -0.15) is 0 Å². The van der Waals surface area contributed by atoms with Gasteiger partial charge in [-0.25, -0.2) is 0 Å². The molecule has 3 rings (SSSR count). The first kappa shape index (κ1) is 17.9. The zero-order valence-electron chi connectivity index (χ0n) is 15.3. The summed E-state index contributed by atoms with van der Waals surface area (Å²) in [4.78, 5) is 31.1. The lowest BCUT2D eigenvalue weighted by Gasteiger charge is -2.42. The Hall–Kier alpha value is -1.92. The van der Waals surface area contributed by atoms with Crippen LogP contribution >= 0.6 is 0 Å². The van der Waals surface area contributed by atoms with E-state index in [1.54, 1.807) is 11.9 Å². The van der Waals surface area contributed by atoms with E-state index < -0.39 is 6.10 Å². The minimum atomic E-state index is -0.640. The molecular formula is C19H27N3O3. The molecule has 2 atom stereocenters. The standard InChI is InChI=1S/C19H27N3O3/c1-4-21-9-11-22(12-10-21)19(24)18-17(20(3)16(23)13-25-18)15-7-5-14(2)6-8-15/h5-8,17-18H,4,9-13H2,1-3H3/t17-,18-/m1/s1. The average molecular weight is 345 g/mol. The number of hydrogen-bond donors (Lipinski definition) is 0. The monoisotopic (exact) mass is 345 g/mol. The van der Waals surface area contributed by atoms with Crippen LogP contribution in [0.5, 0.6) is 0 Å². The number of benzene rings is 1. The van der Waals surface area contributed by atoms with Crippen LogP contribution in [0.3, 0.4) is 0 Å². The van der Waals surface area contributed by atoms with E-state index in [4.69, 9.17) is 4.74 Å². The molecular weight excluding hydrogens is 318 g/mol. The zero-order chi connectivity index (χ0) is 18.0. The quantitative estimate of drug-likeness (QED) is 0.822. The van der Waals surface area contributed by atoms with Gasteiger partial charge in [-0.1, -0.05) is 36.8 Å². The smallest absolute Gasteiger partial charge is 0.254 e. The lowest BCUT2D eigenvalue weighted by atomic mass is 9.96. The Morgan fingerprint density at radius 2 is 1.80 bits per heavy atom. The molecule has 6 heteroatoms. The molecule has 0 radical (unpaired) electrons. The first-order chi connectivity index (χ1) is 12.0. The van der Waals surface area contributed by atoms with Gasteiger partial charge in [-0.05, 0) is 19.0 Å². The number of rotatable bonds is 3. The van der Waals surface area contributed by atoms with Crippen LogP contribution in [-0.2, 0) is 14.3 Å². The fourth-order valence-corrected chi connectivity index (χ4v) is 3.55. The fourth-order valence-electron chi connectivity index (χ4n) is 3.55. The number of aryl methyl sites for hydroxylation is 1. The Bertz CT molecular complexity index is 623. The van der Waals surface area contributed by atoms with Gasteiger partial charge in [-0.3, -0.25) is 9.59 Å². The Morgan fingerprint density at radius 1 is 1.16 bits per heavy atom. The highest BCUT2D eigenvalue weighted by atomic mass is 16.5. The third kappa shape index (κ3) is 3.70. The molecule has 2 aliphatic heterocycles. The Kier molecular flexibility index (Phi) is 5.39. The molecule has 0 aromatic heterocycles. The zero-order valence-corrected chi connectivity index (χ0v) is 15.3. The summed E-state index contributed by atoms with van der Waals surface area (Å²) in [5.74, 6) is -0.105. The van der Waals surface area contributed by atoms with Crippen molar-refractivity contribution in [3.8, 4) is 0 Å². The molecule has 1 aromatic carbocycles. The van der Waals surface area contributed by atoms with Crippen molar-refractivity contribution in [1.82, 2.24) is 14.7 Å². The van der Waals surface area contributed by atoms with Gasteiger partial charge < -0.3 is 19.4 Å². The van der Waals surface area contributed by atoms with Crippen molar-refractivity contribution >= 4 is 11.8 Å². The highest BCUT2D eigenvalue weighted by molar-refractivity contribution is 5.86. The van der Waals surface area contributed by atoms with Crippen molar-refractivity contribution in [3.63, 3.8) is 0 Å². The molecule has 1 aromatic rings. The van der Waals surface area contributed by atoms with Crippen LogP contribution in [0.25, 0.3) is 0 Å². The van der Waals surface area contributed by atoms with Crippen molar-refractivity contribution < 1.29 is 14.3 Å². The molecule has 25 heavy (non-hydrogen) atoms. The molecule has 6 nitrogen and oxygen atoms in total. The minimum Gasteiger partial charge on any atom is -0.356 e. The number of morpholine rings is 1. The van der Waals surface area contributed by atoms with Crippen molar-refractivity contribution in [2.24, 2.45) is 0 Å². The SMILES string of the molecule is CCN1CCN(C(=O)[C@@H]2OCC(=O)N(C)[C@@H]2c2ccc(C)cc2)CC1. The second-order valence-corrected chi connectivity index (χ2v) is 6.85. The molecule has 0 spiro atoms. The molecule has 2 fully saturated rings. The third-order valence-corrected chi connectivity index (χ3v) is 5.28. The molecule has 0 N–H and O–H groups in total. The minimum absolute atomic E-state index is 0.0133. The van der Waals surface area contributed by atoms with Crippen molar-refractivity contribution in [2.45, 2.75) is 26.0 Å². The number of nitrogens with zero attached hydrogens (tertiary/aromatic N) is 3. The number of hydrogen-bond acceptors (Lipinski definition) is 4. The largest absolute Gasteiger partial charge is 0.356 e. The molecule has 2 amide bonds. The van der Waals surface area contributed by atoms with Gasteiger partial charge in [0, 0.05) is 33.2 Å². The van der Waals surface area contributed by atoms with Crippen LogP contribution in [0.1, 0.15) is 24.1 Å². The van der Waals surface area contributed by atoms with Gasteiger partial charge in [0.15, 0.2) is 6.10 Å². The van der Waals surface area contributed by atoms with E-state index >= 15 is 0 Å². The number of ether oxygens (including phenoxy) is 1. The number of carbonyl (C=O) groups is 2. The van der Waals surface area contributed by atoms with E-state index in [2.05, 4.69) is 11.8 Å². The molecule has 2 saturated heterocycles.